The Bertz CT molecular complexity index is 453. The quantitative estimate of drug-likeness (QED) is 0.686. The highest BCUT2D eigenvalue weighted by molar-refractivity contribution is 9.10. The lowest BCUT2D eigenvalue weighted by Gasteiger charge is -2.43. The van der Waals surface area contributed by atoms with Gasteiger partial charge in [-0.25, -0.2) is 5.43 Å². The highest BCUT2D eigenvalue weighted by atomic mass is 79.9. The van der Waals surface area contributed by atoms with Gasteiger partial charge in [0.2, 0.25) is 11.8 Å². The van der Waals surface area contributed by atoms with E-state index in [4.69, 9.17) is 0 Å². The van der Waals surface area contributed by atoms with Crippen molar-refractivity contribution in [1.29, 1.82) is 0 Å². The van der Waals surface area contributed by atoms with Crippen molar-refractivity contribution in [2.24, 2.45) is 11.8 Å². The van der Waals surface area contributed by atoms with Gasteiger partial charge in [-0.15, -0.1) is 0 Å². The van der Waals surface area contributed by atoms with E-state index in [1.807, 2.05) is 4.90 Å². The van der Waals surface area contributed by atoms with Crippen molar-refractivity contribution in [2.45, 2.75) is 43.5 Å². The van der Waals surface area contributed by atoms with Crippen molar-refractivity contribution in [3.05, 3.63) is 0 Å². The first kappa shape index (κ1) is 17.2. The van der Waals surface area contributed by atoms with Crippen molar-refractivity contribution in [2.75, 3.05) is 32.7 Å². The Kier molecular flexibility index (Phi) is 5.59. The van der Waals surface area contributed by atoms with E-state index in [0.717, 1.165) is 39.1 Å². The molecule has 0 radical (unpaired) electrons. The zero-order chi connectivity index (χ0) is 16.4. The largest absolute Gasteiger partial charge is 0.340 e. The number of hydrazine groups is 1. The van der Waals surface area contributed by atoms with E-state index in [1.165, 1.54) is 19.3 Å². The lowest BCUT2D eigenvalue weighted by molar-refractivity contribution is -0.141. The summed E-state index contributed by atoms with van der Waals surface area (Å²) < 4.78 is 0. The van der Waals surface area contributed by atoms with Gasteiger partial charge in [0.25, 0.3) is 0 Å². The Morgan fingerprint density at radius 1 is 1.17 bits per heavy atom. The Labute approximate surface area is 146 Å². The fourth-order valence-electron chi connectivity index (χ4n) is 4.10. The summed E-state index contributed by atoms with van der Waals surface area (Å²) in [6.07, 6.45) is 4.69. The van der Waals surface area contributed by atoms with E-state index < -0.39 is 0 Å². The van der Waals surface area contributed by atoms with Gasteiger partial charge in [-0.1, -0.05) is 35.7 Å². The average molecular weight is 387 g/mol. The van der Waals surface area contributed by atoms with Crippen LogP contribution in [0.5, 0.6) is 0 Å². The average Bonchev–Trinajstić information content (AvgIpc) is 2.57. The minimum absolute atomic E-state index is 0.0178. The monoisotopic (exact) mass is 386 g/mol. The van der Waals surface area contributed by atoms with Crippen LogP contribution in [0.15, 0.2) is 0 Å². The van der Waals surface area contributed by atoms with E-state index in [1.54, 1.807) is 0 Å². The fourth-order valence-corrected chi connectivity index (χ4v) is 4.73. The van der Waals surface area contributed by atoms with Crippen LogP contribution in [0.1, 0.15) is 32.6 Å². The fraction of sp³-hybridized carbons (Fsp3) is 0.875. The first-order valence-electron chi connectivity index (χ1n) is 8.77. The Morgan fingerprint density at radius 2 is 1.87 bits per heavy atom. The lowest BCUT2D eigenvalue weighted by atomic mass is 9.79. The van der Waals surface area contributed by atoms with Crippen LogP contribution in [0.4, 0.5) is 0 Å². The van der Waals surface area contributed by atoms with E-state index in [-0.39, 0.29) is 22.7 Å². The maximum Gasteiger partial charge on any atom is 0.249 e. The van der Waals surface area contributed by atoms with Crippen LogP contribution >= 0.6 is 15.9 Å². The topological polar surface area (TPSA) is 64.7 Å². The predicted octanol–water partition coefficient (Wildman–Crippen LogP) is 0.723. The number of hydrogen-bond acceptors (Lipinski definition) is 4. The lowest BCUT2D eigenvalue weighted by Crippen LogP contribution is -2.64. The molecule has 2 N–H and O–H groups in total. The third-order valence-electron chi connectivity index (χ3n) is 5.63. The zero-order valence-corrected chi connectivity index (χ0v) is 15.3. The van der Waals surface area contributed by atoms with Gasteiger partial charge in [0.1, 0.15) is 4.83 Å². The number of piperazine rings is 1. The first-order valence-corrected chi connectivity index (χ1v) is 9.69. The van der Waals surface area contributed by atoms with E-state index in [9.17, 15) is 9.59 Å². The van der Waals surface area contributed by atoms with Gasteiger partial charge in [0.15, 0.2) is 0 Å². The molecule has 23 heavy (non-hydrogen) atoms. The number of hydrogen-bond donors (Lipinski definition) is 2. The van der Waals surface area contributed by atoms with Crippen LogP contribution in [-0.4, -0.2) is 65.2 Å². The molecular weight excluding hydrogens is 360 g/mol. The summed E-state index contributed by atoms with van der Waals surface area (Å²) in [6, 6.07) is 0.148. The van der Waals surface area contributed by atoms with Gasteiger partial charge < -0.3 is 4.90 Å². The second kappa shape index (κ2) is 7.49. The number of carbonyl (C=O) groups is 2. The number of carbonyl (C=O) groups excluding carboxylic acids is 2. The zero-order valence-electron chi connectivity index (χ0n) is 13.8. The van der Waals surface area contributed by atoms with Crippen LogP contribution in [0.2, 0.25) is 0 Å². The number of nitrogens with zero attached hydrogens (tertiary/aromatic N) is 2. The van der Waals surface area contributed by atoms with Crippen molar-refractivity contribution in [3.63, 3.8) is 0 Å². The maximum absolute atomic E-state index is 12.8. The summed E-state index contributed by atoms with van der Waals surface area (Å²) in [6.45, 7) is 6.19. The summed E-state index contributed by atoms with van der Waals surface area (Å²) in [7, 11) is 0. The smallest absolute Gasteiger partial charge is 0.249 e. The molecular formula is C16H27BrN4O2. The van der Waals surface area contributed by atoms with Crippen molar-refractivity contribution < 1.29 is 9.59 Å². The third kappa shape index (κ3) is 3.72. The molecule has 0 bridgehead atoms. The summed E-state index contributed by atoms with van der Waals surface area (Å²) in [5.74, 6) is 1.08. The normalized spacial score (nSPS) is 36.6. The molecule has 4 unspecified atom stereocenters. The van der Waals surface area contributed by atoms with Crippen molar-refractivity contribution in [3.8, 4) is 0 Å². The van der Waals surface area contributed by atoms with Crippen LogP contribution in [0.25, 0.3) is 0 Å². The number of amides is 2. The number of nitrogens with one attached hydrogen (secondary N) is 2. The van der Waals surface area contributed by atoms with Crippen LogP contribution < -0.4 is 10.9 Å². The number of halogens is 1. The highest BCUT2D eigenvalue weighted by Gasteiger charge is 2.37. The highest BCUT2D eigenvalue weighted by Crippen LogP contribution is 2.31. The molecule has 2 aliphatic heterocycles. The SMILES string of the molecule is CC1CCCCC1C(=O)N1CCN(C2CNNC(=O)C2Br)CC1. The van der Waals surface area contributed by atoms with Crippen molar-refractivity contribution >= 4 is 27.7 Å². The summed E-state index contributed by atoms with van der Waals surface area (Å²) >= 11 is 3.50. The molecule has 0 aromatic rings. The van der Waals surface area contributed by atoms with Gasteiger partial charge in [0.05, 0.1) is 0 Å². The number of rotatable bonds is 2. The molecule has 0 aromatic carbocycles. The van der Waals surface area contributed by atoms with Crippen LogP contribution in [-0.2, 0) is 9.59 Å². The molecule has 0 aromatic heterocycles. The maximum atomic E-state index is 12.8. The molecule has 2 heterocycles. The van der Waals surface area contributed by atoms with Gasteiger partial charge in [-0.3, -0.25) is 19.9 Å². The second-order valence-electron chi connectivity index (χ2n) is 7.07. The molecule has 1 aliphatic carbocycles. The standard InChI is InChI=1S/C16H27BrN4O2/c1-11-4-2-3-5-12(11)16(23)21-8-6-20(7-9-21)13-10-18-19-15(22)14(13)17/h11-14,18H,2-10H2,1H3,(H,19,22). The number of alkyl halides is 1. The molecule has 3 fully saturated rings. The predicted molar refractivity (Wildman–Crippen MR) is 91.9 cm³/mol. The van der Waals surface area contributed by atoms with Gasteiger partial charge >= 0.3 is 0 Å². The molecule has 1 saturated carbocycles. The minimum atomic E-state index is -0.190. The van der Waals surface area contributed by atoms with Gasteiger partial charge in [-0.05, 0) is 18.8 Å². The molecule has 3 rings (SSSR count). The Hall–Kier alpha value is -0.660. The second-order valence-corrected chi connectivity index (χ2v) is 8.06. The van der Waals surface area contributed by atoms with E-state index >= 15 is 0 Å². The van der Waals surface area contributed by atoms with Crippen LogP contribution in [0.3, 0.4) is 0 Å². The Morgan fingerprint density at radius 3 is 2.57 bits per heavy atom. The summed E-state index contributed by atoms with van der Waals surface area (Å²) in [4.78, 5) is 28.7. The molecule has 4 atom stereocenters. The van der Waals surface area contributed by atoms with E-state index in [2.05, 4.69) is 38.6 Å². The summed E-state index contributed by atoms with van der Waals surface area (Å²) in [5, 5.41) is 0. The molecule has 6 nitrogen and oxygen atoms in total. The molecule has 3 aliphatic rings. The molecule has 0 spiro atoms. The molecule has 130 valence electrons. The minimum Gasteiger partial charge on any atom is -0.340 e. The van der Waals surface area contributed by atoms with Gasteiger partial charge in [0, 0.05) is 44.7 Å². The molecule has 7 heteroatoms. The van der Waals surface area contributed by atoms with E-state index in [0.29, 0.717) is 11.8 Å². The van der Waals surface area contributed by atoms with Crippen molar-refractivity contribution in [1.82, 2.24) is 20.7 Å². The summed E-state index contributed by atoms with van der Waals surface area (Å²) in [5.41, 5.74) is 5.60. The Balaban J connectivity index is 1.53. The molecule has 2 amide bonds. The third-order valence-corrected chi connectivity index (χ3v) is 6.66. The van der Waals surface area contributed by atoms with Gasteiger partial charge in [-0.2, -0.15) is 0 Å². The first-order chi connectivity index (χ1) is 11.1. The van der Waals surface area contributed by atoms with Crippen LogP contribution in [0, 0.1) is 11.8 Å². The molecule has 2 saturated heterocycles.